The molecular formula is C17H15N3O4S. The largest absolute Gasteiger partial charge is 0.484 e. The van der Waals surface area contributed by atoms with E-state index in [4.69, 9.17) is 4.74 Å². The molecule has 0 bridgehead atoms. The molecule has 1 aromatic heterocycles. The van der Waals surface area contributed by atoms with E-state index in [1.165, 1.54) is 23.1 Å². The molecule has 0 spiro atoms. The summed E-state index contributed by atoms with van der Waals surface area (Å²) in [5, 5.41) is 11.6. The van der Waals surface area contributed by atoms with Gasteiger partial charge in [-0.3, -0.25) is 14.9 Å². The number of nitro groups is 1. The Hall–Kier alpha value is -3.00. The molecule has 1 amide bonds. The molecule has 0 N–H and O–H groups in total. The first kappa shape index (κ1) is 16.8. The van der Waals surface area contributed by atoms with Gasteiger partial charge in [-0.2, -0.15) is 0 Å². The van der Waals surface area contributed by atoms with E-state index in [1.54, 1.807) is 24.5 Å². The van der Waals surface area contributed by atoms with Crippen molar-refractivity contribution in [2.75, 3.05) is 13.7 Å². The topological polar surface area (TPSA) is 85.6 Å². The van der Waals surface area contributed by atoms with Crippen LogP contribution in [0.4, 0.5) is 5.69 Å². The standard InChI is InChI=1S/C17H15N3O4S/c1-19(10-16-18-14-7-2-3-8-15(14)25-16)17(21)11-24-13-6-4-5-12(9-13)20(22)23/h2-9H,10-11H2,1H3. The summed E-state index contributed by atoms with van der Waals surface area (Å²) in [7, 11) is 1.67. The lowest BCUT2D eigenvalue weighted by Gasteiger charge is -2.16. The quantitative estimate of drug-likeness (QED) is 0.499. The fourth-order valence-corrected chi connectivity index (χ4v) is 3.24. The molecule has 128 valence electrons. The Labute approximate surface area is 147 Å². The average molecular weight is 357 g/mol. The van der Waals surface area contributed by atoms with Crippen LogP contribution < -0.4 is 4.74 Å². The number of nitro benzene ring substituents is 1. The van der Waals surface area contributed by atoms with Crippen molar-refractivity contribution in [1.29, 1.82) is 0 Å². The van der Waals surface area contributed by atoms with Gasteiger partial charge in [0.1, 0.15) is 10.8 Å². The molecule has 3 aromatic rings. The second-order valence-electron chi connectivity index (χ2n) is 5.37. The van der Waals surface area contributed by atoms with E-state index in [1.807, 2.05) is 24.3 Å². The number of ether oxygens (including phenoxy) is 1. The number of carbonyl (C=O) groups is 1. The first-order valence-electron chi connectivity index (χ1n) is 7.48. The summed E-state index contributed by atoms with van der Waals surface area (Å²) in [6.07, 6.45) is 0. The van der Waals surface area contributed by atoms with E-state index in [0.717, 1.165) is 15.2 Å². The van der Waals surface area contributed by atoms with Gasteiger partial charge >= 0.3 is 0 Å². The maximum absolute atomic E-state index is 12.2. The highest BCUT2D eigenvalue weighted by Gasteiger charge is 2.14. The summed E-state index contributed by atoms with van der Waals surface area (Å²) in [6.45, 7) is 0.193. The minimum atomic E-state index is -0.506. The van der Waals surface area contributed by atoms with E-state index < -0.39 is 4.92 Å². The summed E-state index contributed by atoms with van der Waals surface area (Å²) in [5.74, 6) is 0.0571. The Morgan fingerprint density at radius 1 is 1.28 bits per heavy atom. The smallest absolute Gasteiger partial charge is 0.273 e. The monoisotopic (exact) mass is 357 g/mol. The number of non-ortho nitro benzene ring substituents is 1. The normalized spacial score (nSPS) is 10.6. The van der Waals surface area contributed by atoms with Gasteiger partial charge < -0.3 is 9.64 Å². The first-order chi connectivity index (χ1) is 12.0. The van der Waals surface area contributed by atoms with Crippen molar-refractivity contribution in [2.24, 2.45) is 0 Å². The van der Waals surface area contributed by atoms with Crippen molar-refractivity contribution in [3.63, 3.8) is 0 Å². The molecule has 0 unspecified atom stereocenters. The number of hydrogen-bond donors (Lipinski definition) is 0. The summed E-state index contributed by atoms with van der Waals surface area (Å²) in [6, 6.07) is 13.6. The number of rotatable bonds is 6. The molecule has 25 heavy (non-hydrogen) atoms. The number of fused-ring (bicyclic) bond motifs is 1. The zero-order valence-corrected chi connectivity index (χ0v) is 14.2. The van der Waals surface area contributed by atoms with Crippen molar-refractivity contribution in [3.8, 4) is 5.75 Å². The SMILES string of the molecule is CN(Cc1nc2ccccc2s1)C(=O)COc1cccc([N+](=O)[O-])c1. The van der Waals surface area contributed by atoms with Crippen LogP contribution in [0.25, 0.3) is 10.2 Å². The lowest BCUT2D eigenvalue weighted by Crippen LogP contribution is -2.30. The molecule has 0 aliphatic rings. The zero-order chi connectivity index (χ0) is 17.8. The number of aromatic nitrogens is 1. The highest BCUT2D eigenvalue weighted by molar-refractivity contribution is 7.18. The van der Waals surface area contributed by atoms with Crippen LogP contribution in [0.3, 0.4) is 0 Å². The molecule has 3 rings (SSSR count). The second kappa shape index (κ2) is 7.27. The number of likely N-dealkylation sites (N-methyl/N-ethyl adjacent to an activating group) is 1. The third kappa shape index (κ3) is 4.10. The number of benzene rings is 2. The van der Waals surface area contributed by atoms with Crippen LogP contribution in [0.2, 0.25) is 0 Å². The number of nitrogens with zero attached hydrogens (tertiary/aromatic N) is 3. The van der Waals surface area contributed by atoms with Gasteiger partial charge in [-0.05, 0) is 18.2 Å². The van der Waals surface area contributed by atoms with E-state index in [-0.39, 0.29) is 24.0 Å². The van der Waals surface area contributed by atoms with Crippen LogP contribution in [-0.2, 0) is 11.3 Å². The highest BCUT2D eigenvalue weighted by atomic mass is 32.1. The number of hydrogen-bond acceptors (Lipinski definition) is 6. The van der Waals surface area contributed by atoms with Crippen LogP contribution in [0.5, 0.6) is 5.75 Å². The van der Waals surface area contributed by atoms with E-state index in [0.29, 0.717) is 6.54 Å². The summed E-state index contributed by atoms with van der Waals surface area (Å²) in [5.41, 5.74) is 0.837. The van der Waals surface area contributed by atoms with Crippen molar-refractivity contribution < 1.29 is 14.5 Å². The van der Waals surface area contributed by atoms with Gasteiger partial charge in [0.05, 0.1) is 27.8 Å². The molecule has 0 fully saturated rings. The molecule has 2 aromatic carbocycles. The third-order valence-electron chi connectivity index (χ3n) is 3.53. The minimum absolute atomic E-state index is 0.0761. The zero-order valence-electron chi connectivity index (χ0n) is 13.4. The predicted molar refractivity (Wildman–Crippen MR) is 94.7 cm³/mol. The lowest BCUT2D eigenvalue weighted by atomic mass is 10.3. The van der Waals surface area contributed by atoms with Crippen LogP contribution in [-0.4, -0.2) is 34.4 Å². The fourth-order valence-electron chi connectivity index (χ4n) is 2.22. The van der Waals surface area contributed by atoms with Gasteiger partial charge in [-0.1, -0.05) is 18.2 Å². The van der Waals surface area contributed by atoms with Gasteiger partial charge in [0.2, 0.25) is 0 Å². The number of thiazole rings is 1. The van der Waals surface area contributed by atoms with Crippen molar-refractivity contribution in [1.82, 2.24) is 9.88 Å². The molecule has 0 atom stereocenters. The Kier molecular flexibility index (Phi) is 4.90. The van der Waals surface area contributed by atoms with Crippen LogP contribution in [0.1, 0.15) is 5.01 Å². The van der Waals surface area contributed by atoms with Crippen LogP contribution in [0.15, 0.2) is 48.5 Å². The Morgan fingerprint density at radius 2 is 2.08 bits per heavy atom. The number of amides is 1. The molecule has 0 saturated heterocycles. The summed E-state index contributed by atoms with van der Waals surface area (Å²) >= 11 is 1.54. The predicted octanol–water partition coefficient (Wildman–Crippen LogP) is 3.24. The van der Waals surface area contributed by atoms with E-state index >= 15 is 0 Å². The van der Waals surface area contributed by atoms with Crippen molar-refractivity contribution in [2.45, 2.75) is 6.54 Å². The molecule has 8 heteroatoms. The average Bonchev–Trinajstić information content (AvgIpc) is 3.02. The Balaban J connectivity index is 1.59. The highest BCUT2D eigenvalue weighted by Crippen LogP contribution is 2.22. The maximum Gasteiger partial charge on any atom is 0.273 e. The van der Waals surface area contributed by atoms with Crippen molar-refractivity contribution >= 4 is 33.1 Å². The van der Waals surface area contributed by atoms with E-state index in [9.17, 15) is 14.9 Å². The van der Waals surface area contributed by atoms with Gasteiger partial charge in [-0.15, -0.1) is 11.3 Å². The molecule has 7 nitrogen and oxygen atoms in total. The van der Waals surface area contributed by atoms with Gasteiger partial charge in [0, 0.05) is 13.1 Å². The maximum atomic E-state index is 12.2. The summed E-state index contributed by atoms with van der Waals surface area (Å²) in [4.78, 5) is 28.5. The molecule has 0 aliphatic carbocycles. The van der Waals surface area contributed by atoms with Gasteiger partial charge in [-0.25, -0.2) is 4.98 Å². The van der Waals surface area contributed by atoms with E-state index in [2.05, 4.69) is 4.98 Å². The Bertz CT molecular complexity index is 892. The van der Waals surface area contributed by atoms with Crippen LogP contribution >= 0.6 is 11.3 Å². The molecular weight excluding hydrogens is 342 g/mol. The molecule has 0 aliphatic heterocycles. The number of para-hydroxylation sites is 1. The van der Waals surface area contributed by atoms with Gasteiger partial charge in [0.25, 0.3) is 11.6 Å². The molecule has 0 radical (unpaired) electrons. The third-order valence-corrected chi connectivity index (χ3v) is 4.55. The lowest BCUT2D eigenvalue weighted by molar-refractivity contribution is -0.384. The van der Waals surface area contributed by atoms with Crippen molar-refractivity contribution in [3.05, 3.63) is 63.7 Å². The fraction of sp³-hybridized carbons (Fsp3) is 0.176. The number of carbonyl (C=O) groups excluding carboxylic acids is 1. The second-order valence-corrected chi connectivity index (χ2v) is 6.48. The molecule has 0 saturated carbocycles. The summed E-state index contributed by atoms with van der Waals surface area (Å²) < 4.78 is 6.44. The molecule has 1 heterocycles. The first-order valence-corrected chi connectivity index (χ1v) is 8.30. The minimum Gasteiger partial charge on any atom is -0.484 e. The van der Waals surface area contributed by atoms with Crippen LogP contribution in [0, 0.1) is 10.1 Å². The van der Waals surface area contributed by atoms with Gasteiger partial charge in [0.15, 0.2) is 6.61 Å². The Morgan fingerprint density at radius 3 is 2.84 bits per heavy atom.